The van der Waals surface area contributed by atoms with Crippen LogP contribution in [0.5, 0.6) is 0 Å². The van der Waals surface area contributed by atoms with Gasteiger partial charge in [0.2, 0.25) is 0 Å². The van der Waals surface area contributed by atoms with Crippen LogP contribution in [0.25, 0.3) is 0 Å². The van der Waals surface area contributed by atoms with Crippen molar-refractivity contribution in [1.82, 2.24) is 0 Å². The lowest BCUT2D eigenvalue weighted by atomic mass is 10.2. The molecule has 0 saturated carbocycles. The number of rotatable bonds is 4. The van der Waals surface area contributed by atoms with Crippen molar-refractivity contribution in [2.45, 2.75) is 13.0 Å². The van der Waals surface area contributed by atoms with E-state index < -0.39 is 4.92 Å². The maximum absolute atomic E-state index is 10.5. The molecule has 0 saturated heterocycles. The molecule has 2 aromatic rings. The van der Waals surface area contributed by atoms with E-state index in [1.165, 1.54) is 12.1 Å². The molecule has 5 heteroatoms. The van der Waals surface area contributed by atoms with Crippen molar-refractivity contribution in [1.29, 1.82) is 0 Å². The van der Waals surface area contributed by atoms with Crippen LogP contribution in [0, 0.1) is 10.1 Å². The Hall–Kier alpha value is -2.43. The molecule has 0 unspecified atom stereocenters. The van der Waals surface area contributed by atoms with Crippen molar-refractivity contribution in [2.75, 3.05) is 0 Å². The second-order valence-corrected chi connectivity index (χ2v) is 3.82. The molecule has 18 heavy (non-hydrogen) atoms. The highest BCUT2D eigenvalue weighted by Gasteiger charge is 2.05. The van der Waals surface area contributed by atoms with Gasteiger partial charge in [0.25, 0.3) is 5.69 Å². The summed E-state index contributed by atoms with van der Waals surface area (Å²) in [4.78, 5) is 14.4. The zero-order valence-electron chi connectivity index (χ0n) is 9.82. The van der Waals surface area contributed by atoms with Crippen LogP contribution < -0.4 is 0 Å². The second kappa shape index (κ2) is 5.27. The Balaban J connectivity index is 2.07. The number of benzene rings is 1. The minimum atomic E-state index is -0.424. The number of nitrogens with zero attached hydrogens (tertiary/aromatic N) is 2. The van der Waals surface area contributed by atoms with Crippen molar-refractivity contribution in [3.63, 3.8) is 0 Å². The molecule has 2 rings (SSSR count). The van der Waals surface area contributed by atoms with E-state index in [4.69, 9.17) is 4.42 Å². The lowest BCUT2D eigenvalue weighted by Gasteiger charge is -2.01. The Morgan fingerprint density at radius 1 is 1.33 bits per heavy atom. The van der Waals surface area contributed by atoms with Gasteiger partial charge in [-0.2, -0.15) is 0 Å². The molecule has 1 atom stereocenters. The zero-order chi connectivity index (χ0) is 13.0. The molecule has 0 spiro atoms. The minimum absolute atomic E-state index is 0.0739. The maximum Gasteiger partial charge on any atom is 0.269 e. The Labute approximate surface area is 104 Å². The topological polar surface area (TPSA) is 68.6 Å². The Bertz CT molecular complexity index is 544. The number of nitro benzene ring substituents is 1. The van der Waals surface area contributed by atoms with Crippen molar-refractivity contribution < 1.29 is 9.34 Å². The van der Waals surface area contributed by atoms with Gasteiger partial charge in [-0.15, -0.1) is 0 Å². The molecule has 0 radical (unpaired) electrons. The monoisotopic (exact) mass is 244 g/mol. The van der Waals surface area contributed by atoms with Gasteiger partial charge in [-0.3, -0.25) is 15.1 Å². The van der Waals surface area contributed by atoms with Crippen LogP contribution in [0.3, 0.4) is 0 Å². The minimum Gasteiger partial charge on any atom is -0.467 e. The van der Waals surface area contributed by atoms with Gasteiger partial charge in [-0.05, 0) is 36.8 Å². The van der Waals surface area contributed by atoms with Crippen LogP contribution in [-0.2, 0) is 0 Å². The summed E-state index contributed by atoms with van der Waals surface area (Å²) in [6.07, 6.45) is 3.28. The normalized spacial score (nSPS) is 12.7. The van der Waals surface area contributed by atoms with Gasteiger partial charge < -0.3 is 4.42 Å². The second-order valence-electron chi connectivity index (χ2n) is 3.82. The fourth-order valence-corrected chi connectivity index (χ4v) is 1.48. The van der Waals surface area contributed by atoms with E-state index in [0.717, 1.165) is 11.3 Å². The molecule has 0 amide bonds. The summed E-state index contributed by atoms with van der Waals surface area (Å²) < 4.78 is 5.23. The zero-order valence-corrected chi connectivity index (χ0v) is 9.82. The summed E-state index contributed by atoms with van der Waals surface area (Å²) in [5.41, 5.74) is 0.894. The number of nitro groups is 1. The van der Waals surface area contributed by atoms with Gasteiger partial charge in [0, 0.05) is 18.3 Å². The molecular formula is C13H12N2O3. The average molecular weight is 244 g/mol. The first-order valence-corrected chi connectivity index (χ1v) is 5.48. The van der Waals surface area contributed by atoms with Crippen LogP contribution in [0.2, 0.25) is 0 Å². The molecule has 0 bridgehead atoms. The number of furan rings is 1. The van der Waals surface area contributed by atoms with E-state index in [9.17, 15) is 10.1 Å². The molecular weight excluding hydrogens is 232 g/mol. The summed E-state index contributed by atoms with van der Waals surface area (Å²) >= 11 is 0. The Morgan fingerprint density at radius 2 is 2.06 bits per heavy atom. The molecule has 0 aliphatic carbocycles. The third-order valence-corrected chi connectivity index (χ3v) is 2.51. The van der Waals surface area contributed by atoms with E-state index in [1.54, 1.807) is 24.6 Å². The molecule has 1 aromatic carbocycles. The molecule has 0 aliphatic rings. The van der Waals surface area contributed by atoms with E-state index in [2.05, 4.69) is 4.99 Å². The number of hydrogen-bond acceptors (Lipinski definition) is 4. The van der Waals surface area contributed by atoms with Gasteiger partial charge in [0.05, 0.1) is 11.2 Å². The molecule has 0 aliphatic heterocycles. The molecule has 5 nitrogen and oxygen atoms in total. The van der Waals surface area contributed by atoms with Crippen molar-refractivity contribution in [3.05, 3.63) is 64.1 Å². The highest BCUT2D eigenvalue weighted by atomic mass is 16.6. The van der Waals surface area contributed by atoms with Gasteiger partial charge in [0.15, 0.2) is 0 Å². The largest absolute Gasteiger partial charge is 0.467 e. The van der Waals surface area contributed by atoms with Crippen molar-refractivity contribution in [2.24, 2.45) is 4.99 Å². The fourth-order valence-electron chi connectivity index (χ4n) is 1.48. The summed E-state index contributed by atoms with van der Waals surface area (Å²) in [5.74, 6) is 0.785. The third-order valence-electron chi connectivity index (χ3n) is 2.51. The highest BCUT2D eigenvalue weighted by molar-refractivity contribution is 5.80. The van der Waals surface area contributed by atoms with Gasteiger partial charge in [-0.25, -0.2) is 0 Å². The van der Waals surface area contributed by atoms with Crippen LogP contribution in [0.4, 0.5) is 5.69 Å². The molecule has 1 aromatic heterocycles. The van der Waals surface area contributed by atoms with Crippen LogP contribution in [0.1, 0.15) is 24.3 Å². The predicted molar refractivity (Wildman–Crippen MR) is 67.8 cm³/mol. The maximum atomic E-state index is 10.5. The third kappa shape index (κ3) is 2.82. The summed E-state index contributed by atoms with van der Waals surface area (Å²) in [6.45, 7) is 1.92. The molecule has 0 N–H and O–H groups in total. The lowest BCUT2D eigenvalue weighted by Crippen LogP contribution is -1.90. The fraction of sp³-hybridized carbons (Fsp3) is 0.154. The summed E-state index contributed by atoms with van der Waals surface area (Å²) in [5, 5.41) is 10.5. The molecule has 0 fully saturated rings. The first-order valence-electron chi connectivity index (χ1n) is 5.48. The van der Waals surface area contributed by atoms with Crippen LogP contribution >= 0.6 is 0 Å². The van der Waals surface area contributed by atoms with E-state index in [-0.39, 0.29) is 11.7 Å². The number of hydrogen-bond donors (Lipinski definition) is 0. The smallest absolute Gasteiger partial charge is 0.269 e. The quantitative estimate of drug-likeness (QED) is 0.470. The SMILES string of the molecule is C[C@@H](N=Cc1ccc([N+](=O)[O-])cc1)c1ccco1. The van der Waals surface area contributed by atoms with E-state index >= 15 is 0 Å². The van der Waals surface area contributed by atoms with Gasteiger partial charge in [0.1, 0.15) is 11.8 Å². The molecule has 1 heterocycles. The first-order chi connectivity index (χ1) is 8.66. The Kier molecular flexibility index (Phi) is 3.52. The van der Waals surface area contributed by atoms with E-state index in [1.807, 2.05) is 19.1 Å². The predicted octanol–water partition coefficient (Wildman–Crippen LogP) is 3.37. The van der Waals surface area contributed by atoms with Crippen molar-refractivity contribution in [3.8, 4) is 0 Å². The van der Waals surface area contributed by atoms with Gasteiger partial charge >= 0.3 is 0 Å². The van der Waals surface area contributed by atoms with E-state index in [0.29, 0.717) is 0 Å². The van der Waals surface area contributed by atoms with Crippen molar-refractivity contribution >= 4 is 11.9 Å². The van der Waals surface area contributed by atoms with Crippen LogP contribution in [-0.4, -0.2) is 11.1 Å². The summed E-state index contributed by atoms with van der Waals surface area (Å²) in [7, 11) is 0. The molecule has 92 valence electrons. The average Bonchev–Trinajstić information content (AvgIpc) is 2.90. The lowest BCUT2D eigenvalue weighted by molar-refractivity contribution is -0.384. The summed E-state index contributed by atoms with van der Waals surface area (Å²) in [6, 6.07) is 9.84. The number of non-ortho nitro benzene ring substituents is 1. The first kappa shape index (κ1) is 12.0. The number of aliphatic imine (C=N–C) groups is 1. The van der Waals surface area contributed by atoms with Gasteiger partial charge in [-0.1, -0.05) is 0 Å². The standard InChI is InChI=1S/C13H12N2O3/c1-10(13-3-2-8-18-13)14-9-11-4-6-12(7-5-11)15(16)17/h2-10H,1H3/t10-/m1/s1. The Morgan fingerprint density at radius 3 is 2.61 bits per heavy atom. The van der Waals surface area contributed by atoms with Crippen LogP contribution in [0.15, 0.2) is 52.1 Å². The highest BCUT2D eigenvalue weighted by Crippen LogP contribution is 2.17.